The highest BCUT2D eigenvalue weighted by Crippen LogP contribution is 2.27. The van der Waals surface area contributed by atoms with Crippen LogP contribution in [0.4, 0.5) is 11.4 Å². The molecule has 2 N–H and O–H groups in total. The molecular formula is C28H26N2O3. The number of amides is 1. The number of rotatable bonds is 9. The first-order valence-corrected chi connectivity index (χ1v) is 10.8. The summed E-state index contributed by atoms with van der Waals surface area (Å²) >= 11 is 0. The highest BCUT2D eigenvalue weighted by molar-refractivity contribution is 6.00. The van der Waals surface area contributed by atoms with Gasteiger partial charge in [0.05, 0.1) is 18.4 Å². The van der Waals surface area contributed by atoms with Gasteiger partial charge in [-0.15, -0.1) is 0 Å². The maximum atomic E-state index is 12.9. The van der Waals surface area contributed by atoms with E-state index in [1.807, 2.05) is 97.1 Å². The lowest BCUT2D eigenvalue weighted by Crippen LogP contribution is -2.23. The number of hydrogen-bond donors (Lipinski definition) is 2. The van der Waals surface area contributed by atoms with Crippen LogP contribution in [0.5, 0.6) is 11.5 Å². The number of ether oxygens (including phenoxy) is 2. The molecule has 33 heavy (non-hydrogen) atoms. The van der Waals surface area contributed by atoms with E-state index in [2.05, 4.69) is 10.6 Å². The van der Waals surface area contributed by atoms with Crippen LogP contribution in [0.15, 0.2) is 103 Å². The summed E-state index contributed by atoms with van der Waals surface area (Å²) < 4.78 is 11.2. The Balaban J connectivity index is 1.44. The molecule has 5 nitrogen and oxygen atoms in total. The highest BCUT2D eigenvalue weighted by Gasteiger charge is 2.13. The average Bonchev–Trinajstić information content (AvgIpc) is 2.88. The largest absolute Gasteiger partial charge is 0.497 e. The molecule has 4 aromatic rings. The van der Waals surface area contributed by atoms with Crippen molar-refractivity contribution in [2.45, 2.75) is 13.2 Å². The van der Waals surface area contributed by atoms with E-state index in [-0.39, 0.29) is 5.91 Å². The summed E-state index contributed by atoms with van der Waals surface area (Å²) in [5.74, 6) is 1.22. The fourth-order valence-electron chi connectivity index (χ4n) is 3.35. The number of benzene rings is 4. The smallest absolute Gasteiger partial charge is 0.253 e. The maximum Gasteiger partial charge on any atom is 0.253 e. The molecule has 0 saturated heterocycles. The van der Waals surface area contributed by atoms with Gasteiger partial charge in [-0.05, 0) is 53.6 Å². The lowest BCUT2D eigenvalue weighted by atomic mass is 10.1. The molecule has 4 rings (SSSR count). The molecule has 0 radical (unpaired) electrons. The first-order valence-electron chi connectivity index (χ1n) is 10.8. The number of nitrogens with one attached hydrogen (secondary N) is 2. The van der Waals surface area contributed by atoms with Crippen molar-refractivity contribution in [1.82, 2.24) is 5.32 Å². The Labute approximate surface area is 194 Å². The van der Waals surface area contributed by atoms with Gasteiger partial charge in [0.25, 0.3) is 5.91 Å². The molecule has 0 bridgehead atoms. The third kappa shape index (κ3) is 6.14. The van der Waals surface area contributed by atoms with Crippen molar-refractivity contribution in [1.29, 1.82) is 0 Å². The van der Waals surface area contributed by atoms with Crippen molar-refractivity contribution in [3.05, 3.63) is 120 Å². The SMILES string of the molecule is COc1ccc(Nc2ccc(OCc3ccccc3)cc2)c(C(=O)NCc2ccccc2)c1. The van der Waals surface area contributed by atoms with Crippen molar-refractivity contribution in [3.63, 3.8) is 0 Å². The van der Waals surface area contributed by atoms with Gasteiger partial charge in [-0.25, -0.2) is 0 Å². The Kier molecular flexibility index (Phi) is 7.23. The van der Waals surface area contributed by atoms with Crippen molar-refractivity contribution in [2.75, 3.05) is 12.4 Å². The zero-order chi connectivity index (χ0) is 22.9. The zero-order valence-corrected chi connectivity index (χ0v) is 18.5. The van der Waals surface area contributed by atoms with Crippen LogP contribution in [0.1, 0.15) is 21.5 Å². The second-order valence-corrected chi connectivity index (χ2v) is 7.50. The molecule has 0 fully saturated rings. The van der Waals surface area contributed by atoms with Gasteiger partial charge in [-0.2, -0.15) is 0 Å². The fourth-order valence-corrected chi connectivity index (χ4v) is 3.35. The van der Waals surface area contributed by atoms with E-state index in [4.69, 9.17) is 9.47 Å². The molecule has 0 aliphatic rings. The van der Waals surface area contributed by atoms with Crippen LogP contribution in [-0.4, -0.2) is 13.0 Å². The van der Waals surface area contributed by atoms with Gasteiger partial charge in [0.15, 0.2) is 0 Å². The van der Waals surface area contributed by atoms with Crippen LogP contribution in [0, 0.1) is 0 Å². The molecular weight excluding hydrogens is 412 g/mol. The lowest BCUT2D eigenvalue weighted by Gasteiger charge is -2.14. The Bertz CT molecular complexity index is 1180. The van der Waals surface area contributed by atoms with Gasteiger partial charge in [-0.3, -0.25) is 4.79 Å². The van der Waals surface area contributed by atoms with Crippen LogP contribution in [0.25, 0.3) is 0 Å². The third-order valence-corrected chi connectivity index (χ3v) is 5.15. The van der Waals surface area contributed by atoms with Crippen LogP contribution in [0.3, 0.4) is 0 Å². The van der Waals surface area contributed by atoms with E-state index >= 15 is 0 Å². The third-order valence-electron chi connectivity index (χ3n) is 5.15. The molecule has 166 valence electrons. The summed E-state index contributed by atoms with van der Waals surface area (Å²) in [4.78, 5) is 12.9. The summed E-state index contributed by atoms with van der Waals surface area (Å²) in [6.07, 6.45) is 0. The van der Waals surface area contributed by atoms with Crippen LogP contribution < -0.4 is 20.1 Å². The Morgan fingerprint density at radius 1 is 0.758 bits per heavy atom. The van der Waals surface area contributed by atoms with Gasteiger partial charge in [0.2, 0.25) is 0 Å². The van der Waals surface area contributed by atoms with Gasteiger partial charge < -0.3 is 20.1 Å². The molecule has 0 spiro atoms. The van der Waals surface area contributed by atoms with Crippen LogP contribution in [0.2, 0.25) is 0 Å². The molecule has 0 aliphatic heterocycles. The molecule has 0 saturated carbocycles. The second kappa shape index (κ2) is 10.9. The quantitative estimate of drug-likeness (QED) is 0.339. The van der Waals surface area contributed by atoms with Gasteiger partial charge in [0, 0.05) is 12.2 Å². The average molecular weight is 439 g/mol. The highest BCUT2D eigenvalue weighted by atomic mass is 16.5. The minimum atomic E-state index is -0.178. The van der Waals surface area contributed by atoms with Gasteiger partial charge in [0.1, 0.15) is 18.1 Å². The molecule has 0 unspecified atom stereocenters. The summed E-state index contributed by atoms with van der Waals surface area (Å²) in [7, 11) is 1.59. The lowest BCUT2D eigenvalue weighted by molar-refractivity contribution is 0.0951. The number of anilines is 2. The van der Waals surface area contributed by atoms with Crippen LogP contribution >= 0.6 is 0 Å². The zero-order valence-electron chi connectivity index (χ0n) is 18.5. The van der Waals surface area contributed by atoms with E-state index in [0.717, 1.165) is 22.6 Å². The van der Waals surface area contributed by atoms with Gasteiger partial charge in [-0.1, -0.05) is 60.7 Å². The Hall–Kier alpha value is -4.25. The number of carbonyl (C=O) groups is 1. The van der Waals surface area contributed by atoms with Crippen molar-refractivity contribution < 1.29 is 14.3 Å². The summed E-state index contributed by atoms with van der Waals surface area (Å²) in [6.45, 7) is 0.960. The fraction of sp³-hybridized carbons (Fsp3) is 0.107. The van der Waals surface area contributed by atoms with Crippen molar-refractivity contribution in [2.24, 2.45) is 0 Å². The molecule has 1 amide bonds. The topological polar surface area (TPSA) is 59.6 Å². The standard InChI is InChI=1S/C28H26N2O3/c1-32-25-16-17-27(26(18-25)28(31)29-19-21-8-4-2-5-9-21)30-23-12-14-24(15-13-23)33-20-22-10-6-3-7-11-22/h2-18,30H,19-20H2,1H3,(H,29,31). The predicted molar refractivity (Wildman–Crippen MR) is 131 cm³/mol. The minimum Gasteiger partial charge on any atom is -0.497 e. The molecule has 0 heterocycles. The van der Waals surface area contributed by atoms with E-state index < -0.39 is 0 Å². The van der Waals surface area contributed by atoms with E-state index in [0.29, 0.717) is 30.2 Å². The van der Waals surface area contributed by atoms with E-state index in [9.17, 15) is 4.79 Å². The monoisotopic (exact) mass is 438 g/mol. The Morgan fingerprint density at radius 3 is 2.06 bits per heavy atom. The normalized spacial score (nSPS) is 10.3. The summed E-state index contributed by atoms with van der Waals surface area (Å²) in [5.41, 5.74) is 4.21. The summed E-state index contributed by atoms with van der Waals surface area (Å²) in [6, 6.07) is 32.9. The maximum absolute atomic E-state index is 12.9. The summed E-state index contributed by atoms with van der Waals surface area (Å²) in [5, 5.41) is 6.31. The first-order chi connectivity index (χ1) is 16.2. The number of carbonyl (C=O) groups excluding carboxylic acids is 1. The number of hydrogen-bond acceptors (Lipinski definition) is 4. The molecule has 0 atom stereocenters. The number of methoxy groups -OCH3 is 1. The minimum absolute atomic E-state index is 0.178. The first kappa shape index (κ1) is 22.0. The van der Waals surface area contributed by atoms with E-state index in [1.54, 1.807) is 13.2 Å². The van der Waals surface area contributed by atoms with Crippen molar-refractivity contribution in [3.8, 4) is 11.5 Å². The van der Waals surface area contributed by atoms with E-state index in [1.165, 1.54) is 0 Å². The molecule has 0 aromatic heterocycles. The molecule has 4 aromatic carbocycles. The Morgan fingerprint density at radius 2 is 1.39 bits per heavy atom. The van der Waals surface area contributed by atoms with Crippen LogP contribution in [-0.2, 0) is 13.2 Å². The molecule has 0 aliphatic carbocycles. The molecule has 5 heteroatoms. The van der Waals surface area contributed by atoms with Crippen molar-refractivity contribution >= 4 is 17.3 Å². The van der Waals surface area contributed by atoms with Gasteiger partial charge >= 0.3 is 0 Å². The predicted octanol–water partition coefficient (Wildman–Crippen LogP) is 5.95. The second-order valence-electron chi connectivity index (χ2n) is 7.50.